The van der Waals surface area contributed by atoms with Crippen LogP contribution in [-0.2, 0) is 19.0 Å². The molecule has 5 heteroatoms. The van der Waals surface area contributed by atoms with Gasteiger partial charge in [0, 0.05) is 13.2 Å². The molecule has 1 fully saturated rings. The average molecular weight is 301 g/mol. The first kappa shape index (κ1) is 18.4. The Labute approximate surface area is 128 Å². The third-order valence-corrected chi connectivity index (χ3v) is 4.24. The molecule has 1 aliphatic carbocycles. The molecule has 0 amide bonds. The highest BCUT2D eigenvalue weighted by atomic mass is 16.5. The fraction of sp³-hybridized carbons (Fsp3) is 0.938. The smallest absolute Gasteiger partial charge is 0.326 e. The van der Waals surface area contributed by atoms with Gasteiger partial charge in [0.2, 0.25) is 0 Å². The van der Waals surface area contributed by atoms with E-state index in [2.05, 4.69) is 12.2 Å². The minimum atomic E-state index is -0.516. The van der Waals surface area contributed by atoms with E-state index in [4.69, 9.17) is 14.2 Å². The molecule has 0 spiro atoms. The highest BCUT2D eigenvalue weighted by molar-refractivity contribution is 5.81. The average Bonchev–Trinajstić information content (AvgIpc) is 2.91. The molecule has 0 saturated heterocycles. The molecule has 0 aromatic heterocycles. The van der Waals surface area contributed by atoms with Crippen molar-refractivity contribution >= 4 is 5.97 Å². The summed E-state index contributed by atoms with van der Waals surface area (Å²) >= 11 is 0. The Morgan fingerprint density at radius 2 is 1.90 bits per heavy atom. The van der Waals surface area contributed by atoms with Gasteiger partial charge in [-0.25, -0.2) is 0 Å². The van der Waals surface area contributed by atoms with E-state index in [1.165, 1.54) is 0 Å². The summed E-state index contributed by atoms with van der Waals surface area (Å²) in [6, 6.07) is 0. The number of esters is 1. The Hall–Kier alpha value is -0.650. The van der Waals surface area contributed by atoms with E-state index in [1.54, 1.807) is 0 Å². The summed E-state index contributed by atoms with van der Waals surface area (Å²) in [6.07, 6.45) is 4.88. The second-order valence-corrected chi connectivity index (χ2v) is 5.54. The Morgan fingerprint density at radius 3 is 2.52 bits per heavy atom. The second-order valence-electron chi connectivity index (χ2n) is 5.54. The van der Waals surface area contributed by atoms with Gasteiger partial charge in [-0.05, 0) is 45.6 Å². The van der Waals surface area contributed by atoms with Crippen molar-refractivity contribution in [1.82, 2.24) is 5.32 Å². The van der Waals surface area contributed by atoms with Crippen molar-refractivity contribution in [3.63, 3.8) is 0 Å². The topological polar surface area (TPSA) is 56.8 Å². The Morgan fingerprint density at radius 1 is 1.19 bits per heavy atom. The summed E-state index contributed by atoms with van der Waals surface area (Å²) in [4.78, 5) is 12.3. The van der Waals surface area contributed by atoms with Crippen LogP contribution >= 0.6 is 0 Å². The molecule has 21 heavy (non-hydrogen) atoms. The van der Waals surface area contributed by atoms with Gasteiger partial charge in [0.1, 0.15) is 5.54 Å². The van der Waals surface area contributed by atoms with Gasteiger partial charge < -0.3 is 19.5 Å². The van der Waals surface area contributed by atoms with E-state index in [9.17, 15) is 4.79 Å². The second kappa shape index (κ2) is 10.1. The van der Waals surface area contributed by atoms with Crippen LogP contribution in [-0.4, -0.2) is 51.6 Å². The standard InChI is InChI=1S/C16H31NO4/c1-4-10-19-12-13-20-11-8-14-7-6-9-16(14,17-3)15(18)21-5-2/h14,17H,4-13H2,1-3H3. The normalized spacial score (nSPS) is 25.2. The fourth-order valence-electron chi connectivity index (χ4n) is 3.12. The first-order chi connectivity index (χ1) is 10.2. The summed E-state index contributed by atoms with van der Waals surface area (Å²) in [5, 5.41) is 3.23. The predicted octanol–water partition coefficient (Wildman–Crippen LogP) is 2.14. The highest BCUT2D eigenvalue weighted by Crippen LogP contribution is 2.38. The highest BCUT2D eigenvalue weighted by Gasteiger charge is 2.48. The van der Waals surface area contributed by atoms with E-state index in [0.717, 1.165) is 38.7 Å². The summed E-state index contributed by atoms with van der Waals surface area (Å²) in [7, 11) is 1.86. The summed E-state index contributed by atoms with van der Waals surface area (Å²) in [5.74, 6) is 0.180. The van der Waals surface area contributed by atoms with Gasteiger partial charge >= 0.3 is 5.97 Å². The lowest BCUT2D eigenvalue weighted by Gasteiger charge is -2.32. The number of nitrogens with one attached hydrogen (secondary N) is 1. The van der Waals surface area contributed by atoms with Crippen LogP contribution in [0.3, 0.4) is 0 Å². The van der Waals surface area contributed by atoms with E-state index in [1.807, 2.05) is 14.0 Å². The SMILES string of the molecule is CCCOCCOCCC1CCCC1(NC)C(=O)OCC. The van der Waals surface area contributed by atoms with Crippen molar-refractivity contribution in [3.05, 3.63) is 0 Å². The summed E-state index contributed by atoms with van der Waals surface area (Å²) < 4.78 is 16.3. The van der Waals surface area contributed by atoms with Gasteiger partial charge in [-0.3, -0.25) is 4.79 Å². The van der Waals surface area contributed by atoms with Crippen molar-refractivity contribution < 1.29 is 19.0 Å². The first-order valence-electron chi connectivity index (χ1n) is 8.22. The molecule has 124 valence electrons. The molecule has 0 radical (unpaired) electrons. The van der Waals surface area contributed by atoms with Crippen molar-refractivity contribution in [2.75, 3.05) is 40.1 Å². The maximum atomic E-state index is 12.3. The molecule has 1 saturated carbocycles. The van der Waals surface area contributed by atoms with Crippen LogP contribution in [0.5, 0.6) is 0 Å². The van der Waals surface area contributed by atoms with Crippen molar-refractivity contribution in [2.45, 2.75) is 51.5 Å². The Balaban J connectivity index is 2.33. The quantitative estimate of drug-likeness (QED) is 0.468. The molecule has 2 atom stereocenters. The maximum absolute atomic E-state index is 12.3. The van der Waals surface area contributed by atoms with Crippen LogP contribution in [0, 0.1) is 5.92 Å². The largest absolute Gasteiger partial charge is 0.465 e. The van der Waals surface area contributed by atoms with Crippen LogP contribution in [0.1, 0.15) is 46.0 Å². The molecule has 0 aliphatic heterocycles. The number of carbonyl (C=O) groups excluding carboxylic acids is 1. The molecule has 1 aliphatic rings. The third-order valence-electron chi connectivity index (χ3n) is 4.24. The van der Waals surface area contributed by atoms with Gasteiger partial charge in [0.25, 0.3) is 0 Å². The van der Waals surface area contributed by atoms with Gasteiger partial charge in [-0.15, -0.1) is 0 Å². The number of hydrogen-bond donors (Lipinski definition) is 1. The lowest BCUT2D eigenvalue weighted by Crippen LogP contribution is -2.54. The number of carbonyl (C=O) groups is 1. The van der Waals surface area contributed by atoms with Crippen LogP contribution in [0.2, 0.25) is 0 Å². The maximum Gasteiger partial charge on any atom is 0.326 e. The zero-order valence-corrected chi connectivity index (χ0v) is 13.8. The number of likely N-dealkylation sites (N-methyl/N-ethyl adjacent to an activating group) is 1. The van der Waals surface area contributed by atoms with E-state index in [0.29, 0.717) is 26.4 Å². The molecule has 2 unspecified atom stereocenters. The van der Waals surface area contributed by atoms with Crippen LogP contribution in [0.25, 0.3) is 0 Å². The number of hydrogen-bond acceptors (Lipinski definition) is 5. The van der Waals surface area contributed by atoms with Gasteiger partial charge in [-0.2, -0.15) is 0 Å². The van der Waals surface area contributed by atoms with Crippen LogP contribution in [0.15, 0.2) is 0 Å². The van der Waals surface area contributed by atoms with E-state index in [-0.39, 0.29) is 11.9 Å². The van der Waals surface area contributed by atoms with Gasteiger partial charge in [0.15, 0.2) is 0 Å². The van der Waals surface area contributed by atoms with Crippen molar-refractivity contribution in [1.29, 1.82) is 0 Å². The third kappa shape index (κ3) is 5.24. The first-order valence-corrected chi connectivity index (χ1v) is 8.22. The molecule has 1 rings (SSSR count). The zero-order valence-electron chi connectivity index (χ0n) is 13.8. The van der Waals surface area contributed by atoms with E-state index < -0.39 is 5.54 Å². The summed E-state index contributed by atoms with van der Waals surface area (Å²) in [5.41, 5.74) is -0.516. The lowest BCUT2D eigenvalue weighted by atomic mass is 9.85. The fourth-order valence-corrected chi connectivity index (χ4v) is 3.12. The molecule has 0 bridgehead atoms. The Bertz CT molecular complexity index is 298. The Kier molecular flexibility index (Phi) is 8.88. The molecule has 1 N–H and O–H groups in total. The molecular weight excluding hydrogens is 270 g/mol. The summed E-state index contributed by atoms with van der Waals surface area (Å²) in [6.45, 7) is 7.10. The minimum Gasteiger partial charge on any atom is -0.465 e. The lowest BCUT2D eigenvalue weighted by molar-refractivity contribution is -0.153. The van der Waals surface area contributed by atoms with Gasteiger partial charge in [-0.1, -0.05) is 13.3 Å². The minimum absolute atomic E-state index is 0.110. The molecule has 0 heterocycles. The molecular formula is C16H31NO4. The molecule has 0 aromatic rings. The number of ether oxygens (including phenoxy) is 3. The van der Waals surface area contributed by atoms with Crippen LogP contribution < -0.4 is 5.32 Å². The van der Waals surface area contributed by atoms with Gasteiger partial charge in [0.05, 0.1) is 19.8 Å². The zero-order chi connectivity index (χ0) is 15.6. The molecule has 0 aromatic carbocycles. The van der Waals surface area contributed by atoms with E-state index >= 15 is 0 Å². The monoisotopic (exact) mass is 301 g/mol. The number of rotatable bonds is 11. The van der Waals surface area contributed by atoms with Crippen molar-refractivity contribution in [2.24, 2.45) is 5.92 Å². The molecule has 5 nitrogen and oxygen atoms in total. The van der Waals surface area contributed by atoms with Crippen LogP contribution in [0.4, 0.5) is 0 Å². The van der Waals surface area contributed by atoms with Crippen molar-refractivity contribution in [3.8, 4) is 0 Å². The predicted molar refractivity (Wildman–Crippen MR) is 82.3 cm³/mol.